The highest BCUT2D eigenvalue weighted by Gasteiger charge is 2.02. The van der Waals surface area contributed by atoms with Gasteiger partial charge in [0.15, 0.2) is 0 Å². The van der Waals surface area contributed by atoms with E-state index in [0.29, 0.717) is 17.1 Å². The molecule has 0 spiro atoms. The van der Waals surface area contributed by atoms with Crippen molar-refractivity contribution in [1.82, 2.24) is 0 Å². The number of hydrogen-bond acceptors (Lipinski definition) is 3. The minimum absolute atomic E-state index is 0.687. The maximum absolute atomic E-state index is 8.73. The van der Waals surface area contributed by atoms with E-state index >= 15 is 0 Å². The smallest absolute Gasteiger partial charge is 0.100 e. The highest BCUT2D eigenvalue weighted by molar-refractivity contribution is 14.1. The molecule has 0 aliphatic carbocycles. The standard InChI is InChI=1S/C12H8ClIN2S/c13-11-4-9(14)1-2-12(11)16-6-10-3-8(5-15)7-17-10/h1-4,7,16H,6H2. The molecule has 0 fully saturated rings. The van der Waals surface area contributed by atoms with Gasteiger partial charge in [-0.1, -0.05) is 11.6 Å². The molecule has 1 aromatic heterocycles. The van der Waals surface area contributed by atoms with Gasteiger partial charge in [-0.05, 0) is 46.9 Å². The average molecular weight is 375 g/mol. The van der Waals surface area contributed by atoms with E-state index in [1.807, 2.05) is 29.6 Å². The molecule has 0 aliphatic heterocycles. The van der Waals surface area contributed by atoms with Crippen LogP contribution >= 0.6 is 45.5 Å². The fourth-order valence-electron chi connectivity index (χ4n) is 1.35. The van der Waals surface area contributed by atoms with Gasteiger partial charge in [-0.3, -0.25) is 0 Å². The molecular weight excluding hydrogens is 367 g/mol. The first-order valence-electron chi connectivity index (χ1n) is 4.85. The lowest BCUT2D eigenvalue weighted by Gasteiger charge is -2.07. The normalized spacial score (nSPS) is 9.94. The second-order valence-electron chi connectivity index (χ2n) is 3.39. The van der Waals surface area contributed by atoms with Gasteiger partial charge in [0.25, 0.3) is 0 Å². The van der Waals surface area contributed by atoms with Crippen molar-refractivity contribution in [3.8, 4) is 6.07 Å². The Balaban J connectivity index is 2.05. The van der Waals surface area contributed by atoms with Crippen LogP contribution in [0.3, 0.4) is 0 Å². The van der Waals surface area contributed by atoms with Gasteiger partial charge in [0.2, 0.25) is 0 Å². The van der Waals surface area contributed by atoms with E-state index in [4.69, 9.17) is 16.9 Å². The van der Waals surface area contributed by atoms with Crippen LogP contribution in [-0.2, 0) is 6.54 Å². The molecule has 0 saturated carbocycles. The number of nitrogens with one attached hydrogen (secondary N) is 1. The molecular formula is C12H8ClIN2S. The molecule has 2 aromatic rings. The Morgan fingerprint density at radius 1 is 1.41 bits per heavy atom. The summed E-state index contributed by atoms with van der Waals surface area (Å²) in [6, 6.07) is 9.89. The van der Waals surface area contributed by atoms with Crippen molar-refractivity contribution < 1.29 is 0 Å². The van der Waals surface area contributed by atoms with Crippen molar-refractivity contribution in [1.29, 1.82) is 5.26 Å². The van der Waals surface area contributed by atoms with Gasteiger partial charge in [0, 0.05) is 20.4 Å². The number of thiophene rings is 1. The van der Waals surface area contributed by atoms with Crippen molar-refractivity contribution in [3.05, 3.63) is 48.7 Å². The molecule has 0 aliphatic rings. The number of rotatable bonds is 3. The largest absolute Gasteiger partial charge is 0.379 e. The third kappa shape index (κ3) is 3.35. The van der Waals surface area contributed by atoms with Crippen LogP contribution in [0.2, 0.25) is 5.02 Å². The molecule has 1 heterocycles. The molecule has 0 unspecified atom stereocenters. The zero-order valence-electron chi connectivity index (χ0n) is 8.71. The zero-order chi connectivity index (χ0) is 12.3. The second kappa shape index (κ2) is 5.71. The maximum Gasteiger partial charge on any atom is 0.100 e. The highest BCUT2D eigenvalue weighted by Crippen LogP contribution is 2.25. The monoisotopic (exact) mass is 374 g/mol. The molecule has 0 radical (unpaired) electrons. The van der Waals surface area contributed by atoms with Crippen LogP contribution in [0.4, 0.5) is 5.69 Å². The number of anilines is 1. The lowest BCUT2D eigenvalue weighted by Crippen LogP contribution is -1.98. The minimum Gasteiger partial charge on any atom is -0.379 e. The average Bonchev–Trinajstić information content (AvgIpc) is 2.76. The van der Waals surface area contributed by atoms with Crippen molar-refractivity contribution in [3.63, 3.8) is 0 Å². The van der Waals surface area contributed by atoms with Gasteiger partial charge in [-0.15, -0.1) is 11.3 Å². The van der Waals surface area contributed by atoms with E-state index in [1.165, 1.54) is 0 Å². The Labute approximate surface area is 122 Å². The minimum atomic E-state index is 0.687. The maximum atomic E-state index is 8.73. The zero-order valence-corrected chi connectivity index (χ0v) is 12.4. The molecule has 1 aromatic carbocycles. The molecule has 86 valence electrons. The predicted molar refractivity (Wildman–Crippen MR) is 80.5 cm³/mol. The molecule has 1 N–H and O–H groups in total. The fraction of sp³-hybridized carbons (Fsp3) is 0.0833. The summed E-state index contributed by atoms with van der Waals surface area (Å²) < 4.78 is 1.11. The first kappa shape index (κ1) is 12.7. The van der Waals surface area contributed by atoms with Crippen LogP contribution < -0.4 is 5.32 Å². The van der Waals surface area contributed by atoms with Crippen LogP contribution in [0.15, 0.2) is 29.6 Å². The van der Waals surface area contributed by atoms with Crippen LogP contribution in [0, 0.1) is 14.9 Å². The van der Waals surface area contributed by atoms with E-state index in [-0.39, 0.29) is 0 Å². The Bertz CT molecular complexity index is 574. The molecule has 2 nitrogen and oxygen atoms in total. The van der Waals surface area contributed by atoms with Gasteiger partial charge in [0.05, 0.1) is 16.3 Å². The topological polar surface area (TPSA) is 35.8 Å². The summed E-state index contributed by atoms with van der Waals surface area (Å²) in [7, 11) is 0. The summed E-state index contributed by atoms with van der Waals surface area (Å²) in [6.07, 6.45) is 0. The van der Waals surface area contributed by atoms with Crippen LogP contribution in [0.5, 0.6) is 0 Å². The fourth-order valence-corrected chi connectivity index (χ4v) is 3.02. The Kier molecular flexibility index (Phi) is 4.26. The number of nitrogens with zero attached hydrogens (tertiary/aromatic N) is 1. The molecule has 0 bridgehead atoms. The van der Waals surface area contributed by atoms with Crippen LogP contribution in [0.1, 0.15) is 10.4 Å². The van der Waals surface area contributed by atoms with E-state index < -0.39 is 0 Å². The number of halogens is 2. The second-order valence-corrected chi connectivity index (χ2v) is 6.04. The van der Waals surface area contributed by atoms with Gasteiger partial charge >= 0.3 is 0 Å². The Morgan fingerprint density at radius 2 is 2.24 bits per heavy atom. The van der Waals surface area contributed by atoms with Crippen molar-refractivity contribution >= 4 is 51.2 Å². The summed E-state index contributed by atoms with van der Waals surface area (Å²) in [6.45, 7) is 0.687. The molecule has 0 amide bonds. The third-order valence-electron chi connectivity index (χ3n) is 2.17. The molecule has 5 heteroatoms. The first-order valence-corrected chi connectivity index (χ1v) is 7.19. The quantitative estimate of drug-likeness (QED) is 0.804. The lowest BCUT2D eigenvalue weighted by atomic mass is 10.3. The van der Waals surface area contributed by atoms with E-state index in [2.05, 4.69) is 34.0 Å². The molecule has 0 saturated heterocycles. The van der Waals surface area contributed by atoms with Gasteiger partial charge < -0.3 is 5.32 Å². The highest BCUT2D eigenvalue weighted by atomic mass is 127. The Hall–Kier alpha value is -0.770. The molecule has 17 heavy (non-hydrogen) atoms. The SMILES string of the molecule is N#Cc1csc(CNc2ccc(I)cc2Cl)c1. The first-order chi connectivity index (χ1) is 8.19. The predicted octanol–water partition coefficient (Wildman–Crippen LogP) is 4.49. The number of hydrogen-bond donors (Lipinski definition) is 1. The van der Waals surface area contributed by atoms with Crippen molar-refractivity contribution in [2.45, 2.75) is 6.54 Å². The lowest BCUT2D eigenvalue weighted by molar-refractivity contribution is 1.19. The van der Waals surface area contributed by atoms with E-state index in [1.54, 1.807) is 11.3 Å². The summed E-state index contributed by atoms with van der Waals surface area (Å²) >= 11 is 9.91. The van der Waals surface area contributed by atoms with Crippen LogP contribution in [0.25, 0.3) is 0 Å². The summed E-state index contributed by atoms with van der Waals surface area (Å²) in [4.78, 5) is 1.12. The molecule has 0 atom stereocenters. The third-order valence-corrected chi connectivity index (χ3v) is 4.09. The van der Waals surface area contributed by atoms with E-state index in [0.717, 1.165) is 14.1 Å². The summed E-state index contributed by atoms with van der Waals surface area (Å²) in [5.74, 6) is 0. The molecule has 2 rings (SSSR count). The van der Waals surface area contributed by atoms with Gasteiger partial charge in [-0.2, -0.15) is 5.26 Å². The van der Waals surface area contributed by atoms with Crippen LogP contribution in [-0.4, -0.2) is 0 Å². The van der Waals surface area contributed by atoms with Crippen molar-refractivity contribution in [2.24, 2.45) is 0 Å². The van der Waals surface area contributed by atoms with Gasteiger partial charge in [-0.25, -0.2) is 0 Å². The summed E-state index contributed by atoms with van der Waals surface area (Å²) in [5, 5.41) is 14.6. The number of nitriles is 1. The van der Waals surface area contributed by atoms with E-state index in [9.17, 15) is 0 Å². The van der Waals surface area contributed by atoms with Gasteiger partial charge in [0.1, 0.15) is 6.07 Å². The van der Waals surface area contributed by atoms with Crippen molar-refractivity contribution in [2.75, 3.05) is 5.32 Å². The Morgan fingerprint density at radius 3 is 2.88 bits per heavy atom. The number of benzene rings is 1. The summed E-state index contributed by atoms with van der Waals surface area (Å²) in [5.41, 5.74) is 1.62.